The molecule has 1 rings (SSSR count). The first-order chi connectivity index (χ1) is 12.6. The lowest BCUT2D eigenvalue weighted by Crippen LogP contribution is -2.14. The van der Waals surface area contributed by atoms with E-state index in [9.17, 15) is 17.6 Å². The molecule has 0 radical (unpaired) electrons. The molecule has 0 saturated carbocycles. The lowest BCUT2D eigenvalue weighted by atomic mass is 10.2. The Hall–Kier alpha value is -1.38. The second-order valence-electron chi connectivity index (χ2n) is 5.54. The van der Waals surface area contributed by atoms with Gasteiger partial charge in [0, 0.05) is 12.7 Å². The van der Waals surface area contributed by atoms with E-state index in [0.717, 1.165) is 13.0 Å². The lowest BCUT2D eigenvalue weighted by Gasteiger charge is -2.10. The van der Waals surface area contributed by atoms with Crippen LogP contribution in [0.4, 0.5) is 17.6 Å². The second kappa shape index (κ2) is 13.8. The zero-order valence-electron chi connectivity index (χ0n) is 15.0. The van der Waals surface area contributed by atoms with Crippen molar-refractivity contribution < 1.29 is 36.5 Å². The highest BCUT2D eigenvalue weighted by atomic mass is 19.2. The van der Waals surface area contributed by atoms with Crippen molar-refractivity contribution in [1.29, 1.82) is 0 Å². The molecule has 0 unspecified atom stereocenters. The molecule has 0 saturated heterocycles. The molecule has 0 spiro atoms. The minimum Gasteiger partial charge on any atom is -0.485 e. The third-order valence-electron chi connectivity index (χ3n) is 3.43. The zero-order chi connectivity index (χ0) is 19.2. The minimum absolute atomic E-state index is 0.00565. The summed E-state index contributed by atoms with van der Waals surface area (Å²) in [5.41, 5.74) is 0. The Kier molecular flexibility index (Phi) is 12.0. The van der Waals surface area contributed by atoms with Gasteiger partial charge in [0.05, 0.1) is 33.0 Å². The summed E-state index contributed by atoms with van der Waals surface area (Å²) in [6.45, 7) is 4.17. The summed E-state index contributed by atoms with van der Waals surface area (Å²) in [5.74, 6) is -7.25. The Morgan fingerprint density at radius 3 is 1.69 bits per heavy atom. The number of rotatable bonds is 15. The van der Waals surface area contributed by atoms with Crippen LogP contribution in [0.25, 0.3) is 0 Å². The molecule has 0 aliphatic rings. The van der Waals surface area contributed by atoms with Gasteiger partial charge in [-0.3, -0.25) is 0 Å². The van der Waals surface area contributed by atoms with Crippen LogP contribution in [0.3, 0.4) is 0 Å². The maximum absolute atomic E-state index is 13.3. The molecule has 1 aromatic carbocycles. The van der Waals surface area contributed by atoms with Crippen molar-refractivity contribution in [2.45, 2.75) is 32.6 Å². The minimum atomic E-state index is -1.57. The lowest BCUT2D eigenvalue weighted by molar-refractivity contribution is 0.00832. The van der Waals surface area contributed by atoms with Crippen LogP contribution in [-0.2, 0) is 14.2 Å². The Morgan fingerprint density at radius 1 is 0.654 bits per heavy atom. The van der Waals surface area contributed by atoms with Crippen molar-refractivity contribution in [2.75, 3.05) is 46.2 Å². The second-order valence-corrected chi connectivity index (χ2v) is 5.54. The largest absolute Gasteiger partial charge is 0.485 e. The SMILES string of the molecule is CCCCCCOCCOCCOCCOc1c(F)c(F)cc(F)c1F. The molecular formula is C18H26F4O4. The fourth-order valence-electron chi connectivity index (χ4n) is 2.05. The van der Waals surface area contributed by atoms with Crippen LogP contribution < -0.4 is 4.74 Å². The molecule has 0 aromatic heterocycles. The summed E-state index contributed by atoms with van der Waals surface area (Å²) in [6.07, 6.45) is 4.63. The van der Waals surface area contributed by atoms with Crippen LogP contribution in [-0.4, -0.2) is 46.2 Å². The summed E-state index contributed by atoms with van der Waals surface area (Å²) in [7, 11) is 0. The van der Waals surface area contributed by atoms with Crippen molar-refractivity contribution in [1.82, 2.24) is 0 Å². The van der Waals surface area contributed by atoms with Crippen molar-refractivity contribution in [2.24, 2.45) is 0 Å². The third kappa shape index (κ3) is 8.82. The van der Waals surface area contributed by atoms with Crippen molar-refractivity contribution in [3.8, 4) is 5.75 Å². The highest BCUT2D eigenvalue weighted by molar-refractivity contribution is 5.28. The maximum atomic E-state index is 13.3. The number of hydrogen-bond donors (Lipinski definition) is 0. The summed E-state index contributed by atoms with van der Waals surface area (Å²) < 4.78 is 73.2. The van der Waals surface area contributed by atoms with Crippen molar-refractivity contribution in [3.05, 3.63) is 29.3 Å². The molecule has 150 valence electrons. The normalized spacial score (nSPS) is 11.1. The number of unbranched alkanes of at least 4 members (excludes halogenated alkanes) is 3. The molecule has 0 bridgehead atoms. The van der Waals surface area contributed by atoms with Crippen LogP contribution in [0.5, 0.6) is 5.75 Å². The Balaban J connectivity index is 1.99. The molecule has 0 N–H and O–H groups in total. The molecule has 0 fully saturated rings. The molecule has 0 heterocycles. The monoisotopic (exact) mass is 382 g/mol. The zero-order valence-corrected chi connectivity index (χ0v) is 15.0. The van der Waals surface area contributed by atoms with E-state index >= 15 is 0 Å². The quantitative estimate of drug-likeness (QED) is 0.258. The summed E-state index contributed by atoms with van der Waals surface area (Å²) in [4.78, 5) is 0. The first kappa shape index (κ1) is 22.7. The van der Waals surface area contributed by atoms with Crippen LogP contribution >= 0.6 is 0 Å². The highest BCUT2D eigenvalue weighted by Crippen LogP contribution is 2.26. The molecule has 8 heteroatoms. The highest BCUT2D eigenvalue weighted by Gasteiger charge is 2.20. The Morgan fingerprint density at radius 2 is 1.15 bits per heavy atom. The molecule has 0 aliphatic heterocycles. The average Bonchev–Trinajstić information content (AvgIpc) is 2.62. The fraction of sp³-hybridized carbons (Fsp3) is 0.667. The van der Waals surface area contributed by atoms with Gasteiger partial charge in [-0.05, 0) is 6.42 Å². The van der Waals surface area contributed by atoms with Gasteiger partial charge in [-0.2, -0.15) is 8.78 Å². The standard InChI is InChI=1S/C18H26F4O4/c1-2-3-4-5-6-23-7-8-24-9-10-25-11-12-26-18-16(21)14(19)13-15(20)17(18)22/h13H,2-12H2,1H3. The third-order valence-corrected chi connectivity index (χ3v) is 3.43. The van der Waals surface area contributed by atoms with E-state index in [1.54, 1.807) is 0 Å². The molecule has 1 aromatic rings. The predicted octanol–water partition coefficient (Wildman–Crippen LogP) is 4.25. The number of ether oxygens (including phenoxy) is 4. The molecule has 26 heavy (non-hydrogen) atoms. The van der Waals surface area contributed by atoms with Gasteiger partial charge in [-0.1, -0.05) is 26.2 Å². The smallest absolute Gasteiger partial charge is 0.203 e. The summed E-state index contributed by atoms with van der Waals surface area (Å²) in [5, 5.41) is 0. The van der Waals surface area contributed by atoms with Gasteiger partial charge in [0.15, 0.2) is 17.4 Å². The number of benzene rings is 1. The first-order valence-electron chi connectivity index (χ1n) is 8.77. The topological polar surface area (TPSA) is 36.9 Å². The summed E-state index contributed by atoms with van der Waals surface area (Å²) in [6, 6.07) is 0.125. The van der Waals surface area contributed by atoms with Crippen LogP contribution in [0.15, 0.2) is 6.07 Å². The van der Waals surface area contributed by atoms with Crippen molar-refractivity contribution >= 4 is 0 Å². The summed E-state index contributed by atoms with van der Waals surface area (Å²) >= 11 is 0. The molecule has 4 nitrogen and oxygen atoms in total. The van der Waals surface area contributed by atoms with Gasteiger partial charge in [-0.25, -0.2) is 8.78 Å². The van der Waals surface area contributed by atoms with Gasteiger partial charge >= 0.3 is 0 Å². The fourth-order valence-corrected chi connectivity index (χ4v) is 2.05. The number of halogens is 4. The molecule has 0 atom stereocenters. The Labute approximate surface area is 151 Å². The van der Waals surface area contributed by atoms with E-state index in [4.69, 9.17) is 18.9 Å². The van der Waals surface area contributed by atoms with Crippen LogP contribution in [0, 0.1) is 23.3 Å². The van der Waals surface area contributed by atoms with Crippen LogP contribution in [0.2, 0.25) is 0 Å². The molecular weight excluding hydrogens is 356 g/mol. The molecule has 0 amide bonds. The maximum Gasteiger partial charge on any atom is 0.203 e. The van der Waals surface area contributed by atoms with Crippen LogP contribution in [0.1, 0.15) is 32.6 Å². The van der Waals surface area contributed by atoms with Gasteiger partial charge in [0.25, 0.3) is 0 Å². The first-order valence-corrected chi connectivity index (χ1v) is 8.77. The number of hydrogen-bond acceptors (Lipinski definition) is 4. The van der Waals surface area contributed by atoms with E-state index in [2.05, 4.69) is 6.92 Å². The van der Waals surface area contributed by atoms with E-state index < -0.39 is 29.0 Å². The van der Waals surface area contributed by atoms with Gasteiger partial charge in [-0.15, -0.1) is 0 Å². The van der Waals surface area contributed by atoms with Gasteiger partial charge < -0.3 is 18.9 Å². The Bertz CT molecular complexity index is 488. The molecule has 0 aliphatic carbocycles. The van der Waals surface area contributed by atoms with E-state index in [1.807, 2.05) is 0 Å². The van der Waals surface area contributed by atoms with Gasteiger partial charge in [0.1, 0.15) is 6.61 Å². The van der Waals surface area contributed by atoms with Crippen molar-refractivity contribution in [3.63, 3.8) is 0 Å². The van der Waals surface area contributed by atoms with Gasteiger partial charge in [0.2, 0.25) is 11.6 Å². The predicted molar refractivity (Wildman–Crippen MR) is 88.4 cm³/mol. The van der Waals surface area contributed by atoms with E-state index in [-0.39, 0.29) is 25.9 Å². The average molecular weight is 382 g/mol. The van der Waals surface area contributed by atoms with E-state index in [1.165, 1.54) is 19.3 Å². The van der Waals surface area contributed by atoms with E-state index in [0.29, 0.717) is 19.8 Å².